The molecule has 202 valence electrons. The third-order valence-corrected chi connectivity index (χ3v) is 7.14. The van der Waals surface area contributed by atoms with Crippen molar-refractivity contribution in [2.45, 2.75) is 0 Å². The Morgan fingerprint density at radius 2 is 1.10 bits per heavy atom. The second kappa shape index (κ2) is 10.5. The number of anilines is 4. The number of para-hydroxylation sites is 2. The number of aromatic nitrogens is 4. The van der Waals surface area contributed by atoms with Gasteiger partial charge in [-0.2, -0.15) is 4.98 Å². The van der Waals surface area contributed by atoms with Crippen LogP contribution in [0.3, 0.4) is 0 Å². The fourth-order valence-electron chi connectivity index (χ4n) is 5.03. The molecule has 3 aromatic heterocycles. The minimum atomic E-state index is -0.0499. The molecule has 0 spiro atoms. The standard InChI is InChI=1S/C34H24N6O2/c41-32(27-5-1-3-21-15-18-35-30(21)27)23-7-11-25(12-8-23)38-29-17-20-37-34(40-29)39-26-13-9-24(10-14-26)33(42)28-6-2-4-22-16-19-36-31(22)28/h1-20,35-36H,(H2,37,38,39,40). The monoisotopic (exact) mass is 548 g/mol. The van der Waals surface area contributed by atoms with Crippen LogP contribution in [0.5, 0.6) is 0 Å². The first-order chi connectivity index (χ1) is 20.6. The second-order valence-corrected chi connectivity index (χ2v) is 9.82. The highest BCUT2D eigenvalue weighted by molar-refractivity contribution is 6.16. The van der Waals surface area contributed by atoms with Gasteiger partial charge >= 0.3 is 0 Å². The van der Waals surface area contributed by atoms with E-state index < -0.39 is 0 Å². The number of H-pyrrole nitrogens is 2. The molecule has 0 bridgehead atoms. The Labute approximate surface area is 240 Å². The summed E-state index contributed by atoms with van der Waals surface area (Å²) in [7, 11) is 0. The molecular formula is C34H24N6O2. The number of hydrogen-bond acceptors (Lipinski definition) is 6. The zero-order chi connectivity index (χ0) is 28.5. The maximum absolute atomic E-state index is 13.1. The van der Waals surface area contributed by atoms with E-state index >= 15 is 0 Å². The zero-order valence-corrected chi connectivity index (χ0v) is 22.3. The Morgan fingerprint density at radius 3 is 1.64 bits per heavy atom. The minimum Gasteiger partial charge on any atom is -0.361 e. The van der Waals surface area contributed by atoms with Crippen LogP contribution in [0.2, 0.25) is 0 Å². The van der Waals surface area contributed by atoms with Gasteiger partial charge in [-0.25, -0.2) is 4.98 Å². The molecule has 0 atom stereocenters. The van der Waals surface area contributed by atoms with E-state index in [0.29, 0.717) is 34.0 Å². The van der Waals surface area contributed by atoms with E-state index in [9.17, 15) is 9.59 Å². The molecule has 0 aliphatic carbocycles. The first-order valence-electron chi connectivity index (χ1n) is 13.4. The molecule has 0 fully saturated rings. The van der Waals surface area contributed by atoms with Crippen LogP contribution in [0.15, 0.2) is 122 Å². The molecule has 0 radical (unpaired) electrons. The summed E-state index contributed by atoms with van der Waals surface area (Å²) in [5, 5.41) is 8.45. The van der Waals surface area contributed by atoms with Crippen molar-refractivity contribution in [1.29, 1.82) is 0 Å². The van der Waals surface area contributed by atoms with E-state index in [1.807, 2.05) is 85.2 Å². The molecule has 0 aliphatic heterocycles. The number of rotatable bonds is 8. The lowest BCUT2D eigenvalue weighted by atomic mass is 10.0. The van der Waals surface area contributed by atoms with Crippen LogP contribution in [0.1, 0.15) is 31.8 Å². The lowest BCUT2D eigenvalue weighted by molar-refractivity contribution is 0.103. The van der Waals surface area contributed by atoms with Gasteiger partial charge in [0.2, 0.25) is 5.95 Å². The van der Waals surface area contributed by atoms with E-state index in [-0.39, 0.29) is 11.6 Å². The van der Waals surface area contributed by atoms with Crippen molar-refractivity contribution in [3.8, 4) is 0 Å². The third-order valence-electron chi connectivity index (χ3n) is 7.14. The van der Waals surface area contributed by atoms with Crippen molar-refractivity contribution in [2.24, 2.45) is 0 Å². The first kappa shape index (κ1) is 25.0. The van der Waals surface area contributed by atoms with Crippen molar-refractivity contribution in [3.05, 3.63) is 144 Å². The largest absolute Gasteiger partial charge is 0.361 e. The molecular weight excluding hydrogens is 524 g/mol. The number of ketones is 2. The van der Waals surface area contributed by atoms with Crippen molar-refractivity contribution in [1.82, 2.24) is 19.9 Å². The highest BCUT2D eigenvalue weighted by Crippen LogP contribution is 2.24. The van der Waals surface area contributed by atoms with Crippen LogP contribution in [-0.2, 0) is 0 Å². The summed E-state index contributed by atoms with van der Waals surface area (Å²) in [5.41, 5.74) is 5.66. The molecule has 0 aliphatic rings. The van der Waals surface area contributed by atoms with Crippen LogP contribution in [0, 0.1) is 0 Å². The SMILES string of the molecule is O=C(c1ccc(Nc2ccnc(Nc3ccc(C(=O)c4cccc5cc[nH]c45)cc3)n2)cc1)c1cccc2cc[nH]c12. The number of nitrogens with one attached hydrogen (secondary N) is 4. The van der Waals surface area contributed by atoms with Crippen LogP contribution >= 0.6 is 0 Å². The summed E-state index contributed by atoms with van der Waals surface area (Å²) in [6, 6.07) is 31.6. The number of fused-ring (bicyclic) bond motifs is 2. The topological polar surface area (TPSA) is 116 Å². The Morgan fingerprint density at radius 1 is 0.571 bits per heavy atom. The normalized spacial score (nSPS) is 11.0. The molecule has 7 rings (SSSR count). The number of hydrogen-bond donors (Lipinski definition) is 4. The van der Waals surface area contributed by atoms with Gasteiger partial charge in [0.25, 0.3) is 0 Å². The van der Waals surface area contributed by atoms with Crippen molar-refractivity contribution >= 4 is 56.5 Å². The lowest BCUT2D eigenvalue weighted by Gasteiger charge is -2.10. The second-order valence-electron chi connectivity index (χ2n) is 9.82. The molecule has 42 heavy (non-hydrogen) atoms. The molecule has 7 aromatic rings. The Kier molecular flexibility index (Phi) is 6.25. The molecule has 0 saturated carbocycles. The number of carbonyl (C=O) groups excluding carboxylic acids is 2. The smallest absolute Gasteiger partial charge is 0.229 e. The van der Waals surface area contributed by atoms with E-state index in [4.69, 9.17) is 0 Å². The van der Waals surface area contributed by atoms with Gasteiger partial charge in [-0.1, -0.05) is 24.3 Å². The number of nitrogens with zero attached hydrogens (tertiary/aromatic N) is 2. The average molecular weight is 549 g/mol. The molecule has 4 N–H and O–H groups in total. The number of benzene rings is 4. The van der Waals surface area contributed by atoms with E-state index in [0.717, 1.165) is 33.2 Å². The number of carbonyl (C=O) groups is 2. The van der Waals surface area contributed by atoms with E-state index in [1.165, 1.54) is 0 Å². The Hall–Kier alpha value is -6.02. The highest BCUT2D eigenvalue weighted by atomic mass is 16.1. The maximum atomic E-state index is 13.1. The van der Waals surface area contributed by atoms with E-state index in [1.54, 1.807) is 36.5 Å². The predicted molar refractivity (Wildman–Crippen MR) is 165 cm³/mol. The summed E-state index contributed by atoms with van der Waals surface area (Å²) in [6.45, 7) is 0. The van der Waals surface area contributed by atoms with Gasteiger partial charge in [0.1, 0.15) is 5.82 Å². The lowest BCUT2D eigenvalue weighted by Crippen LogP contribution is -2.04. The maximum Gasteiger partial charge on any atom is 0.229 e. The van der Waals surface area contributed by atoms with Gasteiger partial charge in [-0.3, -0.25) is 9.59 Å². The van der Waals surface area contributed by atoms with Gasteiger partial charge in [0, 0.05) is 63.0 Å². The van der Waals surface area contributed by atoms with Gasteiger partial charge in [-0.15, -0.1) is 0 Å². The van der Waals surface area contributed by atoms with Gasteiger partial charge in [0.05, 0.1) is 11.0 Å². The molecule has 8 heteroatoms. The van der Waals surface area contributed by atoms with Gasteiger partial charge < -0.3 is 20.6 Å². The van der Waals surface area contributed by atoms with Gasteiger partial charge in [0.15, 0.2) is 11.6 Å². The molecule has 8 nitrogen and oxygen atoms in total. The quantitative estimate of drug-likeness (QED) is 0.147. The van der Waals surface area contributed by atoms with E-state index in [2.05, 4.69) is 30.6 Å². The highest BCUT2D eigenvalue weighted by Gasteiger charge is 2.15. The summed E-state index contributed by atoms with van der Waals surface area (Å²) in [6.07, 6.45) is 5.32. The molecule has 3 heterocycles. The molecule has 0 saturated heterocycles. The molecule has 0 amide bonds. The van der Waals surface area contributed by atoms with Crippen LogP contribution in [-0.4, -0.2) is 31.5 Å². The predicted octanol–water partition coefficient (Wildman–Crippen LogP) is 7.39. The average Bonchev–Trinajstić information content (AvgIpc) is 3.71. The van der Waals surface area contributed by atoms with Crippen molar-refractivity contribution < 1.29 is 9.59 Å². The summed E-state index contributed by atoms with van der Waals surface area (Å²) in [4.78, 5) is 41.4. The first-order valence-corrected chi connectivity index (χ1v) is 13.4. The minimum absolute atomic E-state index is 0.0443. The Balaban J connectivity index is 1.03. The Bertz CT molecular complexity index is 1930. The molecule has 0 unspecified atom stereocenters. The van der Waals surface area contributed by atoms with Crippen molar-refractivity contribution in [2.75, 3.05) is 10.6 Å². The van der Waals surface area contributed by atoms with Crippen molar-refractivity contribution in [3.63, 3.8) is 0 Å². The molecule has 4 aromatic carbocycles. The summed E-state index contributed by atoms with van der Waals surface area (Å²) < 4.78 is 0. The third kappa shape index (κ3) is 4.77. The van der Waals surface area contributed by atoms with Crippen LogP contribution in [0.25, 0.3) is 21.8 Å². The zero-order valence-electron chi connectivity index (χ0n) is 22.3. The van der Waals surface area contributed by atoms with Crippen LogP contribution in [0.4, 0.5) is 23.1 Å². The van der Waals surface area contributed by atoms with Gasteiger partial charge in [-0.05, 0) is 78.9 Å². The fraction of sp³-hybridized carbons (Fsp3) is 0. The number of aromatic amines is 2. The van der Waals surface area contributed by atoms with Crippen LogP contribution < -0.4 is 10.6 Å². The summed E-state index contributed by atoms with van der Waals surface area (Å²) in [5.74, 6) is 0.901. The summed E-state index contributed by atoms with van der Waals surface area (Å²) >= 11 is 0. The fourth-order valence-corrected chi connectivity index (χ4v) is 5.03.